The molecule has 2 fully saturated rings. The molecule has 4 heteroatoms. The molecule has 1 aromatic heterocycles. The highest BCUT2D eigenvalue weighted by molar-refractivity contribution is 5.76. The number of likely N-dealkylation sites (tertiary alicyclic amines) is 1. The Morgan fingerprint density at radius 1 is 1.22 bits per heavy atom. The molecule has 4 atom stereocenters. The number of furan rings is 1. The van der Waals surface area contributed by atoms with Crippen molar-refractivity contribution in [2.24, 2.45) is 5.41 Å². The van der Waals surface area contributed by atoms with Crippen molar-refractivity contribution >= 4 is 5.91 Å². The van der Waals surface area contributed by atoms with Crippen molar-refractivity contribution in [1.29, 1.82) is 0 Å². The van der Waals surface area contributed by atoms with Gasteiger partial charge in [0.25, 0.3) is 0 Å². The molecular formula is C28H38N2O2. The van der Waals surface area contributed by atoms with Crippen LogP contribution in [0.2, 0.25) is 0 Å². The second-order valence-corrected chi connectivity index (χ2v) is 10.3. The van der Waals surface area contributed by atoms with Crippen molar-refractivity contribution in [1.82, 2.24) is 9.80 Å². The van der Waals surface area contributed by atoms with Crippen molar-refractivity contribution in [3.8, 4) is 0 Å². The lowest BCUT2D eigenvalue weighted by Crippen LogP contribution is -2.49. The van der Waals surface area contributed by atoms with Crippen molar-refractivity contribution in [2.75, 3.05) is 19.6 Å². The predicted octanol–water partition coefficient (Wildman–Crippen LogP) is 5.93. The summed E-state index contributed by atoms with van der Waals surface area (Å²) in [5.74, 6) is 3.15. The molecule has 0 bridgehead atoms. The first-order valence-electron chi connectivity index (χ1n) is 12.7. The lowest BCUT2D eigenvalue weighted by Gasteiger charge is -2.45. The highest BCUT2D eigenvalue weighted by Crippen LogP contribution is 2.67. The van der Waals surface area contributed by atoms with E-state index < -0.39 is 0 Å². The molecule has 0 unspecified atom stereocenters. The molecule has 3 aliphatic heterocycles. The van der Waals surface area contributed by atoms with Gasteiger partial charge in [-0.25, -0.2) is 0 Å². The highest BCUT2D eigenvalue weighted by Gasteiger charge is 2.64. The Balaban J connectivity index is 1.47. The maximum atomic E-state index is 13.1. The largest absolute Gasteiger partial charge is 0.464 e. The molecule has 2 saturated heterocycles. The van der Waals surface area contributed by atoms with E-state index in [1.165, 1.54) is 30.6 Å². The van der Waals surface area contributed by atoms with E-state index in [0.717, 1.165) is 63.9 Å². The molecule has 1 aromatic rings. The van der Waals surface area contributed by atoms with E-state index in [1.807, 2.05) is 12.2 Å². The van der Waals surface area contributed by atoms with Crippen molar-refractivity contribution in [2.45, 2.75) is 82.2 Å². The Kier molecular flexibility index (Phi) is 6.16. The number of fused-ring (bicyclic) bond motifs is 5. The molecule has 4 nitrogen and oxygen atoms in total. The van der Waals surface area contributed by atoms with Crippen LogP contribution >= 0.6 is 0 Å². The standard InChI is InChI=1S/C28H38N2O2/c1-3-5-9-14-25(31)29-17-15-24-23-18-22(13-6-4-2)32-26(23)27-28(24,20-29)19-21-12-10-7-8-11-16-30(21)27/h3-4,10,12,18,21,24,27H,1-2,5-9,11,13-17,19-20H2/b12-10-/t21-,24-,27-,28-/m0/s1. The summed E-state index contributed by atoms with van der Waals surface area (Å²) in [5, 5.41) is 0. The number of unbranched alkanes of at least 4 members (excludes halogenated alkanes) is 1. The zero-order chi connectivity index (χ0) is 22.1. The van der Waals surface area contributed by atoms with Crippen molar-refractivity contribution in [3.05, 3.63) is 60.6 Å². The lowest BCUT2D eigenvalue weighted by molar-refractivity contribution is -0.135. The van der Waals surface area contributed by atoms with Crippen LogP contribution in [-0.2, 0) is 11.2 Å². The van der Waals surface area contributed by atoms with E-state index in [0.29, 0.717) is 30.3 Å². The van der Waals surface area contributed by atoms with Crippen LogP contribution in [-0.4, -0.2) is 41.4 Å². The molecule has 172 valence electrons. The zero-order valence-corrected chi connectivity index (χ0v) is 19.4. The summed E-state index contributed by atoms with van der Waals surface area (Å²) in [4.78, 5) is 18.0. The number of carbonyl (C=O) groups is 1. The molecule has 5 rings (SSSR count). The molecular weight excluding hydrogens is 396 g/mol. The quantitative estimate of drug-likeness (QED) is 0.394. The van der Waals surface area contributed by atoms with Crippen LogP contribution in [0, 0.1) is 5.41 Å². The minimum Gasteiger partial charge on any atom is -0.464 e. The number of hydrogen-bond donors (Lipinski definition) is 0. The summed E-state index contributed by atoms with van der Waals surface area (Å²) in [6.07, 6.45) is 19.0. The van der Waals surface area contributed by atoms with Gasteiger partial charge >= 0.3 is 0 Å². The first-order chi connectivity index (χ1) is 15.7. The normalized spacial score (nSPS) is 32.2. The summed E-state index contributed by atoms with van der Waals surface area (Å²) in [5.41, 5.74) is 1.54. The number of rotatable bonds is 7. The van der Waals surface area contributed by atoms with Gasteiger partial charge in [0.2, 0.25) is 5.91 Å². The van der Waals surface area contributed by atoms with Crippen LogP contribution in [0.1, 0.15) is 86.8 Å². The number of amides is 1. The SMILES string of the molecule is C=CCCCC(=O)N1CC[C@H]2c3cc(CCC=C)oc3[C@@H]3N4CCCC/C=C\[C@H]4C[C@@]32C1. The summed E-state index contributed by atoms with van der Waals surface area (Å²) in [6, 6.07) is 3.12. The third kappa shape index (κ3) is 3.61. The van der Waals surface area contributed by atoms with Gasteiger partial charge in [-0.2, -0.15) is 0 Å². The molecule has 0 N–H and O–H groups in total. The Morgan fingerprint density at radius 3 is 2.94 bits per heavy atom. The Hall–Kier alpha value is -2.07. The first kappa shape index (κ1) is 21.8. The Bertz CT molecular complexity index is 899. The van der Waals surface area contributed by atoms with Crippen molar-refractivity contribution < 1.29 is 9.21 Å². The smallest absolute Gasteiger partial charge is 0.222 e. The summed E-state index contributed by atoms with van der Waals surface area (Å²) < 4.78 is 6.60. The molecule has 4 aliphatic rings. The van der Waals surface area contributed by atoms with Crippen LogP contribution in [0.5, 0.6) is 0 Å². The van der Waals surface area contributed by atoms with E-state index in [9.17, 15) is 4.79 Å². The Labute approximate surface area is 193 Å². The molecule has 0 saturated carbocycles. The maximum Gasteiger partial charge on any atom is 0.222 e. The maximum absolute atomic E-state index is 13.1. The predicted molar refractivity (Wildman–Crippen MR) is 128 cm³/mol. The fourth-order valence-corrected chi connectivity index (χ4v) is 7.00. The van der Waals surface area contributed by atoms with Crippen LogP contribution in [0.15, 0.2) is 47.9 Å². The molecule has 1 spiro atoms. The third-order valence-corrected chi connectivity index (χ3v) is 8.37. The molecule has 0 aromatic carbocycles. The monoisotopic (exact) mass is 434 g/mol. The zero-order valence-electron chi connectivity index (χ0n) is 19.4. The van der Waals surface area contributed by atoms with Gasteiger partial charge in [-0.15, -0.1) is 13.2 Å². The number of hydrogen-bond acceptors (Lipinski definition) is 3. The van der Waals surface area contributed by atoms with Gasteiger partial charge < -0.3 is 9.32 Å². The summed E-state index contributed by atoms with van der Waals surface area (Å²) >= 11 is 0. The topological polar surface area (TPSA) is 36.7 Å². The third-order valence-electron chi connectivity index (χ3n) is 8.37. The molecule has 0 radical (unpaired) electrons. The van der Waals surface area contributed by atoms with Gasteiger partial charge in [-0.3, -0.25) is 9.69 Å². The van der Waals surface area contributed by atoms with Gasteiger partial charge in [0.1, 0.15) is 11.5 Å². The van der Waals surface area contributed by atoms with E-state index in [-0.39, 0.29) is 5.41 Å². The van der Waals surface area contributed by atoms with Crippen LogP contribution in [0.3, 0.4) is 0 Å². The summed E-state index contributed by atoms with van der Waals surface area (Å²) in [7, 11) is 0. The number of nitrogens with zero attached hydrogens (tertiary/aromatic N) is 2. The minimum atomic E-state index is 0.0941. The number of aryl methyl sites for hydroxylation is 1. The second-order valence-electron chi connectivity index (χ2n) is 10.3. The van der Waals surface area contributed by atoms with E-state index in [1.54, 1.807) is 0 Å². The fraction of sp³-hybridized carbons (Fsp3) is 0.607. The Morgan fingerprint density at radius 2 is 2.09 bits per heavy atom. The number of piperidine rings is 1. The van der Waals surface area contributed by atoms with E-state index in [4.69, 9.17) is 4.42 Å². The first-order valence-corrected chi connectivity index (χ1v) is 12.7. The number of carbonyl (C=O) groups excluding carboxylic acids is 1. The minimum absolute atomic E-state index is 0.0941. The average molecular weight is 435 g/mol. The van der Waals surface area contributed by atoms with E-state index >= 15 is 0 Å². The molecule has 4 heterocycles. The number of allylic oxidation sites excluding steroid dienone is 3. The van der Waals surface area contributed by atoms with Crippen LogP contribution < -0.4 is 0 Å². The van der Waals surface area contributed by atoms with Gasteiger partial charge in [0.15, 0.2) is 0 Å². The highest BCUT2D eigenvalue weighted by atomic mass is 16.3. The van der Waals surface area contributed by atoms with Gasteiger partial charge in [-0.05, 0) is 75.5 Å². The average Bonchev–Trinajstić information content (AvgIpc) is 3.38. The fourth-order valence-electron chi connectivity index (χ4n) is 7.00. The van der Waals surface area contributed by atoms with Gasteiger partial charge in [-0.1, -0.05) is 24.3 Å². The second kappa shape index (κ2) is 9.05. The van der Waals surface area contributed by atoms with Crippen LogP contribution in [0.4, 0.5) is 0 Å². The summed E-state index contributed by atoms with van der Waals surface area (Å²) in [6.45, 7) is 10.6. The van der Waals surface area contributed by atoms with Crippen LogP contribution in [0.25, 0.3) is 0 Å². The van der Waals surface area contributed by atoms with Gasteiger partial charge in [0.05, 0.1) is 6.04 Å². The molecule has 1 amide bonds. The van der Waals surface area contributed by atoms with Crippen molar-refractivity contribution in [3.63, 3.8) is 0 Å². The molecule has 32 heavy (non-hydrogen) atoms. The molecule has 1 aliphatic carbocycles. The van der Waals surface area contributed by atoms with Gasteiger partial charge in [0, 0.05) is 37.4 Å². The lowest BCUT2D eigenvalue weighted by atomic mass is 9.68. The van der Waals surface area contributed by atoms with E-state index in [2.05, 4.69) is 41.2 Å².